The number of primary amides is 1. The van der Waals surface area contributed by atoms with E-state index in [1.165, 1.54) is 36.9 Å². The van der Waals surface area contributed by atoms with Crippen molar-refractivity contribution in [2.45, 2.75) is 44.2 Å². The van der Waals surface area contributed by atoms with Gasteiger partial charge in [0.1, 0.15) is 5.82 Å². The molecule has 2 N–H and O–H groups in total. The summed E-state index contributed by atoms with van der Waals surface area (Å²) in [6.45, 7) is 1.21. The Morgan fingerprint density at radius 2 is 1.73 bits per heavy atom. The third-order valence-electron chi connectivity index (χ3n) is 7.75. The minimum absolute atomic E-state index is 0.141. The molecule has 220 valence electrons. The summed E-state index contributed by atoms with van der Waals surface area (Å²) in [5.74, 6) is -2.03. The number of hydrogen-bond donors (Lipinski definition) is 2. The van der Waals surface area contributed by atoms with Gasteiger partial charge in [0.2, 0.25) is 16.8 Å². The Balaban J connectivity index is 1.53. The van der Waals surface area contributed by atoms with Crippen molar-refractivity contribution in [2.24, 2.45) is 11.7 Å². The van der Waals surface area contributed by atoms with E-state index in [2.05, 4.69) is 12.1 Å². The van der Waals surface area contributed by atoms with Crippen LogP contribution in [0.25, 0.3) is 0 Å². The van der Waals surface area contributed by atoms with Gasteiger partial charge < -0.3 is 10.6 Å². The van der Waals surface area contributed by atoms with E-state index in [9.17, 15) is 30.8 Å². The lowest BCUT2D eigenvalue weighted by Gasteiger charge is -2.35. The predicted molar refractivity (Wildman–Crippen MR) is 152 cm³/mol. The van der Waals surface area contributed by atoms with Gasteiger partial charge in [0.15, 0.2) is 0 Å². The number of carbonyl (C=O) groups excluding carboxylic acids is 1. The second-order valence-corrected chi connectivity index (χ2v) is 11.5. The minimum atomic E-state index is -4.50. The summed E-state index contributed by atoms with van der Waals surface area (Å²) in [4.78, 5) is 14.3. The Labute approximate surface area is 238 Å². The molecule has 1 aliphatic rings. The Bertz CT molecular complexity index is 1430. The van der Waals surface area contributed by atoms with Crippen molar-refractivity contribution in [3.8, 4) is 0 Å². The molecule has 1 heterocycles. The lowest BCUT2D eigenvalue weighted by molar-refractivity contribution is -0.137. The van der Waals surface area contributed by atoms with E-state index in [0.29, 0.717) is 30.3 Å². The van der Waals surface area contributed by atoms with Gasteiger partial charge in [-0.2, -0.15) is 13.2 Å². The van der Waals surface area contributed by atoms with Gasteiger partial charge in [-0.3, -0.25) is 9.10 Å². The molecule has 0 radical (unpaired) electrons. The molecule has 1 fully saturated rings. The van der Waals surface area contributed by atoms with Crippen LogP contribution in [0.2, 0.25) is 0 Å². The molecule has 1 atom stereocenters. The largest absolute Gasteiger partial charge is 0.416 e. The Hall–Kier alpha value is -3.60. The van der Waals surface area contributed by atoms with Crippen molar-refractivity contribution in [2.75, 3.05) is 29.3 Å². The van der Waals surface area contributed by atoms with Crippen LogP contribution in [0.5, 0.6) is 0 Å². The van der Waals surface area contributed by atoms with Gasteiger partial charge in [-0.1, -0.05) is 42.5 Å². The van der Waals surface area contributed by atoms with Gasteiger partial charge in [-0.05, 0) is 79.0 Å². The number of nitrogens with zero attached hydrogens (tertiary/aromatic N) is 2. The van der Waals surface area contributed by atoms with Crippen LogP contribution in [0.1, 0.15) is 47.4 Å². The molecular formula is C30H33F4N3O3S. The van der Waals surface area contributed by atoms with Gasteiger partial charge in [-0.15, -0.1) is 0 Å². The van der Waals surface area contributed by atoms with E-state index < -0.39 is 40.3 Å². The first-order valence-electron chi connectivity index (χ1n) is 13.4. The maximum Gasteiger partial charge on any atom is 0.416 e. The lowest BCUT2D eigenvalue weighted by Crippen LogP contribution is -2.35. The summed E-state index contributed by atoms with van der Waals surface area (Å²) < 4.78 is 78.8. The summed E-state index contributed by atoms with van der Waals surface area (Å²) in [6.07, 6.45) is -1.53. The molecule has 6 nitrogen and oxygen atoms in total. The highest BCUT2D eigenvalue weighted by atomic mass is 32.2. The number of nitrogens with two attached hydrogens (primary N) is 1. The van der Waals surface area contributed by atoms with Crippen molar-refractivity contribution in [3.05, 3.63) is 94.8 Å². The maximum absolute atomic E-state index is 14.7. The molecule has 41 heavy (non-hydrogen) atoms. The fourth-order valence-corrected chi connectivity index (χ4v) is 5.77. The quantitative estimate of drug-likeness (QED) is 0.242. The first kappa shape index (κ1) is 30.4. The number of thiol groups is 1. The van der Waals surface area contributed by atoms with Crippen molar-refractivity contribution >= 4 is 28.2 Å². The average Bonchev–Trinajstić information content (AvgIpc) is 2.93. The average molecular weight is 592 g/mol. The number of rotatable bonds is 10. The van der Waals surface area contributed by atoms with Crippen molar-refractivity contribution < 1.29 is 30.8 Å². The number of anilines is 2. The molecule has 3 aromatic carbocycles. The number of benzene rings is 3. The summed E-state index contributed by atoms with van der Waals surface area (Å²) in [7, 11) is -1.85. The molecule has 1 aliphatic heterocycles. The number of halogens is 4. The molecule has 1 amide bonds. The summed E-state index contributed by atoms with van der Waals surface area (Å²) in [6, 6.07) is 17.5. The number of alkyl halides is 3. The molecule has 11 heteroatoms. The number of hydrogen-bond acceptors (Lipinski definition) is 4. The topological polar surface area (TPSA) is 83.7 Å². The summed E-state index contributed by atoms with van der Waals surface area (Å²) in [5, 5.41) is 0. The van der Waals surface area contributed by atoms with Crippen molar-refractivity contribution in [3.63, 3.8) is 0 Å². The van der Waals surface area contributed by atoms with E-state index in [1.54, 1.807) is 0 Å². The van der Waals surface area contributed by atoms with Crippen LogP contribution in [0.4, 0.5) is 28.9 Å². The predicted octanol–water partition coefficient (Wildman–Crippen LogP) is 5.47. The third kappa shape index (κ3) is 7.58. The lowest BCUT2D eigenvalue weighted by atomic mass is 9.88. The van der Waals surface area contributed by atoms with Crippen molar-refractivity contribution in [1.82, 2.24) is 0 Å². The normalized spacial score (nSPS) is 15.2. The zero-order valence-electron chi connectivity index (χ0n) is 22.6. The number of carbonyl (C=O) groups is 1. The molecule has 3 aromatic rings. The first-order valence-corrected chi connectivity index (χ1v) is 14.5. The van der Waals surface area contributed by atoms with E-state index in [0.717, 1.165) is 35.7 Å². The van der Waals surface area contributed by atoms with Crippen LogP contribution in [-0.2, 0) is 34.7 Å². The zero-order chi connectivity index (χ0) is 29.7. The van der Waals surface area contributed by atoms with Gasteiger partial charge in [0, 0.05) is 25.8 Å². The minimum Gasteiger partial charge on any atom is -0.371 e. The first-order chi connectivity index (χ1) is 19.4. The fourth-order valence-electron chi connectivity index (χ4n) is 5.43. The van der Waals surface area contributed by atoms with E-state index in [-0.39, 0.29) is 24.1 Å². The molecule has 4 rings (SSSR count). The van der Waals surface area contributed by atoms with Crippen LogP contribution in [0.3, 0.4) is 0 Å². The second-order valence-electron chi connectivity index (χ2n) is 10.4. The van der Waals surface area contributed by atoms with Crippen LogP contribution < -0.4 is 14.9 Å². The highest BCUT2D eigenvalue weighted by molar-refractivity contribution is 7.74. The number of piperidine rings is 1. The SMILES string of the molecule is CN(c1ccc(C(CCc2ccc(C(F)(F)F)cc2N2CCC(Cc3ccccc3)CC2)C(N)=O)cc1F)[SH](=O)=O. The van der Waals surface area contributed by atoms with Gasteiger partial charge in [0.05, 0.1) is 17.2 Å². The Morgan fingerprint density at radius 3 is 2.32 bits per heavy atom. The standard InChI is InChI=1S/C30H33F4N3O3S/c1-36(41(39)40)27-12-9-23(18-26(27)31)25(29(35)38)11-8-22-7-10-24(30(32,33)34)19-28(22)37-15-13-21(14-16-37)17-20-5-3-2-4-6-20/h2-7,9-10,12,18-19,21,25,41H,8,11,13-17H2,1H3,(H2,35,38). The van der Waals surface area contributed by atoms with Crippen LogP contribution in [-0.4, -0.2) is 34.5 Å². The van der Waals surface area contributed by atoms with Gasteiger partial charge in [-0.25, -0.2) is 12.8 Å². The zero-order valence-corrected chi connectivity index (χ0v) is 23.5. The van der Waals surface area contributed by atoms with Crippen LogP contribution >= 0.6 is 0 Å². The molecule has 0 saturated carbocycles. The number of aryl methyl sites for hydroxylation is 1. The molecule has 0 aromatic heterocycles. The number of amides is 1. The highest BCUT2D eigenvalue weighted by Gasteiger charge is 2.32. The van der Waals surface area contributed by atoms with Gasteiger partial charge in [0.25, 0.3) is 0 Å². The molecule has 0 spiro atoms. The molecule has 0 aliphatic carbocycles. The fraction of sp³-hybridized carbons (Fsp3) is 0.367. The molecule has 0 bridgehead atoms. The molecule has 1 unspecified atom stereocenters. The van der Waals surface area contributed by atoms with E-state index >= 15 is 0 Å². The van der Waals surface area contributed by atoms with E-state index in [4.69, 9.17) is 5.73 Å². The van der Waals surface area contributed by atoms with E-state index in [1.807, 2.05) is 23.1 Å². The monoisotopic (exact) mass is 591 g/mol. The summed E-state index contributed by atoms with van der Waals surface area (Å²) in [5.41, 5.74) is 7.35. The Morgan fingerprint density at radius 1 is 1.05 bits per heavy atom. The highest BCUT2D eigenvalue weighted by Crippen LogP contribution is 2.37. The second kappa shape index (κ2) is 12.9. The molecule has 1 saturated heterocycles. The smallest absolute Gasteiger partial charge is 0.371 e. The van der Waals surface area contributed by atoms with Crippen molar-refractivity contribution in [1.29, 1.82) is 0 Å². The molecular weight excluding hydrogens is 558 g/mol. The van der Waals surface area contributed by atoms with Gasteiger partial charge >= 0.3 is 6.18 Å². The van der Waals surface area contributed by atoms with Crippen LogP contribution in [0.15, 0.2) is 66.7 Å². The Kier molecular flexibility index (Phi) is 9.57. The van der Waals surface area contributed by atoms with Crippen LogP contribution in [0, 0.1) is 11.7 Å². The summed E-state index contributed by atoms with van der Waals surface area (Å²) >= 11 is 0. The third-order valence-corrected chi connectivity index (χ3v) is 8.45. The maximum atomic E-state index is 14.7.